The lowest BCUT2D eigenvalue weighted by atomic mass is 10.1. The molecule has 0 aliphatic rings. The number of hydrogen-bond donors (Lipinski definition) is 1. The molecule has 0 fully saturated rings. The van der Waals surface area contributed by atoms with Crippen LogP contribution in [0.5, 0.6) is 5.75 Å². The van der Waals surface area contributed by atoms with Gasteiger partial charge in [0.1, 0.15) is 5.75 Å². The van der Waals surface area contributed by atoms with E-state index in [0.29, 0.717) is 0 Å². The summed E-state index contributed by atoms with van der Waals surface area (Å²) in [5.74, 6) is 0.927. The third-order valence-electron chi connectivity index (χ3n) is 3.27. The van der Waals surface area contributed by atoms with Gasteiger partial charge in [0.2, 0.25) is 0 Å². The largest absolute Gasteiger partial charge is 0.496 e. The molecule has 1 aromatic heterocycles. The highest BCUT2D eigenvalue weighted by Gasteiger charge is 2.07. The van der Waals surface area contributed by atoms with Crippen molar-refractivity contribution in [1.29, 1.82) is 0 Å². The summed E-state index contributed by atoms with van der Waals surface area (Å²) < 4.78 is 7.41. The van der Waals surface area contributed by atoms with Gasteiger partial charge in [-0.1, -0.05) is 19.9 Å². The third-order valence-corrected chi connectivity index (χ3v) is 3.27. The van der Waals surface area contributed by atoms with Gasteiger partial charge in [0.15, 0.2) is 0 Å². The van der Waals surface area contributed by atoms with Crippen LogP contribution < -0.4 is 10.1 Å². The Morgan fingerprint density at radius 2 is 2.10 bits per heavy atom. The molecule has 20 heavy (non-hydrogen) atoms. The second-order valence-electron chi connectivity index (χ2n) is 4.80. The summed E-state index contributed by atoms with van der Waals surface area (Å²) in [7, 11) is 1.71. The lowest BCUT2D eigenvalue weighted by molar-refractivity contribution is 0.408. The molecular formula is C16H23N3O. The van der Waals surface area contributed by atoms with Gasteiger partial charge in [-0.25, -0.2) is 0 Å². The first-order valence-corrected chi connectivity index (χ1v) is 7.19. The molecule has 4 nitrogen and oxygen atoms in total. The lowest BCUT2D eigenvalue weighted by Gasteiger charge is -2.10. The van der Waals surface area contributed by atoms with Crippen molar-refractivity contribution in [2.24, 2.45) is 0 Å². The molecule has 1 heterocycles. The predicted molar refractivity (Wildman–Crippen MR) is 81.9 cm³/mol. The normalized spacial score (nSPS) is 10.8. The van der Waals surface area contributed by atoms with E-state index in [-0.39, 0.29) is 0 Å². The quantitative estimate of drug-likeness (QED) is 0.842. The molecule has 0 spiro atoms. The molecule has 108 valence electrons. The molecular weight excluding hydrogens is 250 g/mol. The van der Waals surface area contributed by atoms with E-state index >= 15 is 0 Å². The molecule has 1 aromatic carbocycles. The predicted octanol–water partition coefficient (Wildman–Crippen LogP) is 3.08. The molecule has 1 N–H and O–H groups in total. The molecule has 0 bridgehead atoms. The maximum Gasteiger partial charge on any atom is 0.123 e. The Hall–Kier alpha value is -1.81. The first-order valence-electron chi connectivity index (χ1n) is 7.19. The van der Waals surface area contributed by atoms with Crippen molar-refractivity contribution in [1.82, 2.24) is 15.1 Å². The fourth-order valence-corrected chi connectivity index (χ4v) is 2.22. The van der Waals surface area contributed by atoms with Gasteiger partial charge >= 0.3 is 0 Å². The Kier molecular flexibility index (Phi) is 5.18. The molecule has 0 aliphatic heterocycles. The summed E-state index contributed by atoms with van der Waals surface area (Å²) in [5, 5.41) is 7.73. The molecule has 0 amide bonds. The van der Waals surface area contributed by atoms with Crippen LogP contribution in [-0.4, -0.2) is 23.4 Å². The van der Waals surface area contributed by atoms with Crippen molar-refractivity contribution >= 4 is 0 Å². The number of aryl methyl sites for hydroxylation is 1. The van der Waals surface area contributed by atoms with Gasteiger partial charge < -0.3 is 10.1 Å². The standard InChI is InChI=1S/C16H23N3O/c1-4-8-19-12-15(11-18-19)13-6-7-16(20-3)14(9-13)10-17-5-2/h6-7,9,11-12,17H,4-5,8,10H2,1-3H3. The van der Waals surface area contributed by atoms with E-state index in [2.05, 4.69) is 42.6 Å². The summed E-state index contributed by atoms with van der Waals surface area (Å²) in [4.78, 5) is 0. The van der Waals surface area contributed by atoms with Crippen molar-refractivity contribution in [3.8, 4) is 16.9 Å². The Bertz CT molecular complexity index is 548. The molecule has 0 atom stereocenters. The minimum atomic E-state index is 0.816. The van der Waals surface area contributed by atoms with Crippen LogP contribution in [0.2, 0.25) is 0 Å². The van der Waals surface area contributed by atoms with Gasteiger partial charge in [0.05, 0.1) is 13.3 Å². The number of aromatic nitrogens is 2. The van der Waals surface area contributed by atoms with Crippen LogP contribution in [0.1, 0.15) is 25.8 Å². The van der Waals surface area contributed by atoms with Gasteiger partial charge in [0, 0.05) is 30.4 Å². The first kappa shape index (κ1) is 14.6. The van der Waals surface area contributed by atoms with Crippen LogP contribution in [0.3, 0.4) is 0 Å². The monoisotopic (exact) mass is 273 g/mol. The number of hydrogen-bond acceptors (Lipinski definition) is 3. The van der Waals surface area contributed by atoms with E-state index in [1.165, 1.54) is 11.1 Å². The average molecular weight is 273 g/mol. The van der Waals surface area contributed by atoms with Gasteiger partial charge in [0.25, 0.3) is 0 Å². The molecule has 0 radical (unpaired) electrons. The number of benzene rings is 1. The number of nitrogens with zero attached hydrogens (tertiary/aromatic N) is 2. The smallest absolute Gasteiger partial charge is 0.123 e. The zero-order valence-corrected chi connectivity index (χ0v) is 12.5. The fraction of sp³-hybridized carbons (Fsp3) is 0.438. The Balaban J connectivity index is 2.26. The van der Waals surface area contributed by atoms with Gasteiger partial charge in [-0.05, 0) is 30.7 Å². The van der Waals surface area contributed by atoms with E-state index in [9.17, 15) is 0 Å². The third kappa shape index (κ3) is 3.39. The highest BCUT2D eigenvalue weighted by atomic mass is 16.5. The zero-order chi connectivity index (χ0) is 14.4. The van der Waals surface area contributed by atoms with E-state index in [1.807, 2.05) is 16.9 Å². The Morgan fingerprint density at radius 1 is 1.25 bits per heavy atom. The minimum Gasteiger partial charge on any atom is -0.496 e. The van der Waals surface area contributed by atoms with Crippen LogP contribution in [0.25, 0.3) is 11.1 Å². The second-order valence-corrected chi connectivity index (χ2v) is 4.80. The lowest BCUT2D eigenvalue weighted by Crippen LogP contribution is -2.12. The molecule has 0 saturated heterocycles. The van der Waals surface area contributed by atoms with Crippen LogP contribution in [0.15, 0.2) is 30.6 Å². The average Bonchev–Trinajstić information content (AvgIpc) is 2.94. The van der Waals surface area contributed by atoms with E-state index < -0.39 is 0 Å². The van der Waals surface area contributed by atoms with Crippen molar-refractivity contribution in [3.63, 3.8) is 0 Å². The Labute approximate surface area is 120 Å². The van der Waals surface area contributed by atoms with Gasteiger partial charge in [-0.15, -0.1) is 0 Å². The first-order chi connectivity index (χ1) is 9.78. The molecule has 2 aromatic rings. The van der Waals surface area contributed by atoms with Crippen LogP contribution in [0, 0.1) is 0 Å². The van der Waals surface area contributed by atoms with Crippen LogP contribution >= 0.6 is 0 Å². The van der Waals surface area contributed by atoms with E-state index in [0.717, 1.165) is 37.4 Å². The van der Waals surface area contributed by atoms with Crippen molar-refractivity contribution in [2.45, 2.75) is 33.4 Å². The molecule has 0 aliphatic carbocycles. The number of rotatable bonds is 7. The molecule has 2 rings (SSSR count). The minimum absolute atomic E-state index is 0.816. The zero-order valence-electron chi connectivity index (χ0n) is 12.5. The SMILES string of the molecule is CCCn1cc(-c2ccc(OC)c(CNCC)c2)cn1. The second kappa shape index (κ2) is 7.10. The van der Waals surface area contributed by atoms with Crippen molar-refractivity contribution in [3.05, 3.63) is 36.2 Å². The summed E-state index contributed by atoms with van der Waals surface area (Å²) in [5.41, 5.74) is 3.51. The summed E-state index contributed by atoms with van der Waals surface area (Å²) in [6.45, 7) is 6.98. The van der Waals surface area contributed by atoms with Crippen molar-refractivity contribution < 1.29 is 4.74 Å². The topological polar surface area (TPSA) is 39.1 Å². The number of ether oxygens (including phenoxy) is 1. The summed E-state index contributed by atoms with van der Waals surface area (Å²) >= 11 is 0. The van der Waals surface area contributed by atoms with E-state index in [1.54, 1.807) is 7.11 Å². The maximum absolute atomic E-state index is 5.42. The molecule has 0 saturated carbocycles. The van der Waals surface area contributed by atoms with Crippen LogP contribution in [-0.2, 0) is 13.1 Å². The molecule has 0 unspecified atom stereocenters. The summed E-state index contributed by atoms with van der Waals surface area (Å²) in [6, 6.07) is 6.29. The van der Waals surface area contributed by atoms with E-state index in [4.69, 9.17) is 4.74 Å². The van der Waals surface area contributed by atoms with Gasteiger partial charge in [-0.3, -0.25) is 4.68 Å². The van der Waals surface area contributed by atoms with Gasteiger partial charge in [-0.2, -0.15) is 5.10 Å². The summed E-state index contributed by atoms with van der Waals surface area (Å²) in [6.07, 6.45) is 5.12. The number of methoxy groups -OCH3 is 1. The fourth-order valence-electron chi connectivity index (χ4n) is 2.22. The highest BCUT2D eigenvalue weighted by molar-refractivity contribution is 5.64. The number of nitrogens with one attached hydrogen (secondary N) is 1. The highest BCUT2D eigenvalue weighted by Crippen LogP contribution is 2.26. The Morgan fingerprint density at radius 3 is 2.80 bits per heavy atom. The maximum atomic E-state index is 5.42. The van der Waals surface area contributed by atoms with Crippen molar-refractivity contribution in [2.75, 3.05) is 13.7 Å². The van der Waals surface area contributed by atoms with Crippen LogP contribution in [0.4, 0.5) is 0 Å². The molecule has 4 heteroatoms.